The lowest BCUT2D eigenvalue weighted by molar-refractivity contribution is 0.0746. The summed E-state index contributed by atoms with van der Waals surface area (Å²) in [5.74, 6) is 1.05. The Balaban J connectivity index is 1.43. The van der Waals surface area contributed by atoms with Crippen molar-refractivity contribution in [3.63, 3.8) is 0 Å². The van der Waals surface area contributed by atoms with Crippen LogP contribution in [0, 0.1) is 12.7 Å². The van der Waals surface area contributed by atoms with Crippen molar-refractivity contribution in [2.75, 3.05) is 38.2 Å². The van der Waals surface area contributed by atoms with E-state index in [0.29, 0.717) is 54.0 Å². The molecule has 1 aliphatic heterocycles. The Hall–Kier alpha value is -3.25. The highest BCUT2D eigenvalue weighted by atomic mass is 35.5. The summed E-state index contributed by atoms with van der Waals surface area (Å²) >= 11 is 6.09. The third kappa shape index (κ3) is 5.22. The zero-order valence-electron chi connectivity index (χ0n) is 18.7. The second kappa shape index (κ2) is 10.1. The van der Waals surface area contributed by atoms with Crippen LogP contribution in [-0.2, 0) is 6.61 Å². The predicted octanol–water partition coefficient (Wildman–Crippen LogP) is 5.34. The van der Waals surface area contributed by atoms with Gasteiger partial charge >= 0.3 is 0 Å². The van der Waals surface area contributed by atoms with E-state index in [4.69, 9.17) is 21.1 Å². The Bertz CT molecular complexity index is 1150. The van der Waals surface area contributed by atoms with E-state index in [9.17, 15) is 9.18 Å². The molecule has 0 unspecified atom stereocenters. The smallest absolute Gasteiger partial charge is 0.253 e. The topological polar surface area (TPSA) is 42.0 Å². The van der Waals surface area contributed by atoms with Crippen molar-refractivity contribution < 1.29 is 18.7 Å². The number of amides is 1. The summed E-state index contributed by atoms with van der Waals surface area (Å²) < 4.78 is 25.5. The van der Waals surface area contributed by atoms with Crippen molar-refractivity contribution in [2.45, 2.75) is 13.5 Å². The van der Waals surface area contributed by atoms with Crippen molar-refractivity contribution >= 4 is 23.2 Å². The van der Waals surface area contributed by atoms with E-state index in [0.717, 1.165) is 11.1 Å². The number of hydrogen-bond acceptors (Lipinski definition) is 4. The number of anilines is 1. The van der Waals surface area contributed by atoms with Crippen LogP contribution in [0.25, 0.3) is 0 Å². The minimum Gasteiger partial charge on any atom is -0.496 e. The molecule has 0 aromatic heterocycles. The van der Waals surface area contributed by atoms with Gasteiger partial charge in [-0.2, -0.15) is 0 Å². The average molecular weight is 469 g/mol. The van der Waals surface area contributed by atoms with Crippen LogP contribution < -0.4 is 14.4 Å². The number of methoxy groups -OCH3 is 1. The highest BCUT2D eigenvalue weighted by Gasteiger charge is 2.24. The molecule has 7 heteroatoms. The number of para-hydroxylation sites is 1. The first-order valence-electron chi connectivity index (χ1n) is 10.8. The lowest BCUT2D eigenvalue weighted by Gasteiger charge is -2.36. The van der Waals surface area contributed by atoms with Crippen LogP contribution in [0.1, 0.15) is 21.5 Å². The van der Waals surface area contributed by atoms with Crippen LogP contribution in [-0.4, -0.2) is 44.1 Å². The van der Waals surface area contributed by atoms with Crippen molar-refractivity contribution in [2.24, 2.45) is 0 Å². The number of benzene rings is 3. The van der Waals surface area contributed by atoms with Gasteiger partial charge in [-0.05, 0) is 61.0 Å². The largest absolute Gasteiger partial charge is 0.496 e. The molecule has 0 aliphatic carbocycles. The molecule has 3 aromatic rings. The van der Waals surface area contributed by atoms with Crippen molar-refractivity contribution in [1.82, 2.24) is 4.90 Å². The fourth-order valence-electron chi connectivity index (χ4n) is 3.93. The van der Waals surface area contributed by atoms with Gasteiger partial charge in [0.1, 0.15) is 23.9 Å². The third-order valence-electron chi connectivity index (χ3n) is 5.81. The molecule has 0 spiro atoms. The molecule has 1 aliphatic rings. The maximum atomic E-state index is 14.1. The van der Waals surface area contributed by atoms with Crippen LogP contribution >= 0.6 is 11.6 Å². The molecule has 4 rings (SSSR count). The molecule has 3 aromatic carbocycles. The zero-order valence-corrected chi connectivity index (χ0v) is 19.4. The van der Waals surface area contributed by atoms with Gasteiger partial charge in [-0.25, -0.2) is 4.39 Å². The van der Waals surface area contributed by atoms with Crippen LogP contribution in [0.4, 0.5) is 10.1 Å². The summed E-state index contributed by atoms with van der Waals surface area (Å²) in [7, 11) is 1.59. The van der Waals surface area contributed by atoms with E-state index in [1.54, 1.807) is 42.3 Å². The second-order valence-corrected chi connectivity index (χ2v) is 8.36. The van der Waals surface area contributed by atoms with E-state index in [1.165, 1.54) is 6.07 Å². The maximum absolute atomic E-state index is 14.1. The minimum atomic E-state index is -0.243. The van der Waals surface area contributed by atoms with E-state index < -0.39 is 0 Å². The maximum Gasteiger partial charge on any atom is 0.253 e. The van der Waals surface area contributed by atoms with Crippen LogP contribution in [0.5, 0.6) is 11.5 Å². The summed E-state index contributed by atoms with van der Waals surface area (Å²) in [6.45, 7) is 4.38. The molecule has 0 radical (unpaired) electrons. The van der Waals surface area contributed by atoms with Crippen LogP contribution in [0.3, 0.4) is 0 Å². The molecule has 1 heterocycles. The number of rotatable bonds is 6. The molecule has 1 amide bonds. The van der Waals surface area contributed by atoms with Gasteiger partial charge in [0.25, 0.3) is 5.91 Å². The molecule has 0 bridgehead atoms. The van der Waals surface area contributed by atoms with Crippen LogP contribution in [0.2, 0.25) is 5.02 Å². The normalized spacial score (nSPS) is 13.7. The third-order valence-corrected chi connectivity index (χ3v) is 6.24. The Labute approximate surface area is 198 Å². The van der Waals surface area contributed by atoms with E-state index >= 15 is 0 Å². The van der Waals surface area contributed by atoms with E-state index in [-0.39, 0.29) is 18.3 Å². The number of aryl methyl sites for hydroxylation is 1. The number of carbonyl (C=O) groups excluding carboxylic acids is 1. The van der Waals surface area contributed by atoms with E-state index in [1.807, 2.05) is 36.1 Å². The second-order valence-electron chi connectivity index (χ2n) is 7.96. The Morgan fingerprint density at radius 3 is 2.48 bits per heavy atom. The molecule has 33 heavy (non-hydrogen) atoms. The van der Waals surface area contributed by atoms with Crippen LogP contribution in [0.15, 0.2) is 60.7 Å². The number of piperazine rings is 1. The minimum absolute atomic E-state index is 0.0607. The first-order valence-corrected chi connectivity index (χ1v) is 11.2. The summed E-state index contributed by atoms with van der Waals surface area (Å²) in [6.07, 6.45) is 0. The van der Waals surface area contributed by atoms with Gasteiger partial charge < -0.3 is 19.3 Å². The summed E-state index contributed by atoms with van der Waals surface area (Å²) in [6, 6.07) is 17.6. The lowest BCUT2D eigenvalue weighted by atomic mass is 10.1. The van der Waals surface area contributed by atoms with Gasteiger partial charge in [0.2, 0.25) is 0 Å². The summed E-state index contributed by atoms with van der Waals surface area (Å²) in [4.78, 5) is 16.9. The van der Waals surface area contributed by atoms with Crippen molar-refractivity contribution in [3.8, 4) is 11.5 Å². The lowest BCUT2D eigenvalue weighted by Crippen LogP contribution is -2.49. The molecule has 172 valence electrons. The quantitative estimate of drug-likeness (QED) is 0.490. The van der Waals surface area contributed by atoms with Gasteiger partial charge in [0, 0.05) is 42.3 Å². The van der Waals surface area contributed by atoms with Crippen molar-refractivity contribution in [3.05, 3.63) is 88.2 Å². The number of halogens is 2. The molecule has 5 nitrogen and oxygen atoms in total. The number of nitrogens with zero attached hydrogens (tertiary/aromatic N) is 2. The molecule has 0 N–H and O–H groups in total. The highest BCUT2D eigenvalue weighted by Crippen LogP contribution is 2.26. The molecule has 0 saturated carbocycles. The zero-order chi connectivity index (χ0) is 23.4. The fraction of sp³-hybridized carbons (Fsp3) is 0.269. The summed E-state index contributed by atoms with van der Waals surface area (Å²) in [5.41, 5.74) is 2.85. The Morgan fingerprint density at radius 2 is 1.79 bits per heavy atom. The van der Waals surface area contributed by atoms with Crippen molar-refractivity contribution in [1.29, 1.82) is 0 Å². The Kier molecular flexibility index (Phi) is 7.04. The van der Waals surface area contributed by atoms with Gasteiger partial charge in [0.15, 0.2) is 0 Å². The first kappa shape index (κ1) is 22.9. The Morgan fingerprint density at radius 1 is 1.03 bits per heavy atom. The van der Waals surface area contributed by atoms with Gasteiger partial charge in [-0.15, -0.1) is 0 Å². The monoisotopic (exact) mass is 468 g/mol. The van der Waals surface area contributed by atoms with E-state index in [2.05, 4.69) is 0 Å². The molecular formula is C26H26ClFN2O3. The molecule has 1 saturated heterocycles. The average Bonchev–Trinajstić information content (AvgIpc) is 2.84. The summed E-state index contributed by atoms with van der Waals surface area (Å²) in [5, 5.41) is 0.683. The molecule has 0 atom stereocenters. The van der Waals surface area contributed by atoms with Gasteiger partial charge in [-0.1, -0.05) is 23.7 Å². The number of carbonyl (C=O) groups is 1. The molecule has 1 fully saturated rings. The van der Waals surface area contributed by atoms with Gasteiger partial charge in [0.05, 0.1) is 12.8 Å². The SMILES string of the molecule is COc1ccc(C(=O)N2CCN(c3ccccc3F)CC2)cc1COc1ccc(Cl)c(C)c1. The fourth-order valence-corrected chi connectivity index (χ4v) is 4.05. The number of hydrogen-bond donors (Lipinski definition) is 0. The molecular weight excluding hydrogens is 443 g/mol. The standard InChI is InChI=1S/C26H26ClFN2O3/c1-18-15-21(8-9-22(18)27)33-17-20-16-19(7-10-25(20)32-2)26(31)30-13-11-29(12-14-30)24-6-4-3-5-23(24)28/h3-10,15-16H,11-14,17H2,1-2H3. The highest BCUT2D eigenvalue weighted by molar-refractivity contribution is 6.31. The predicted molar refractivity (Wildman–Crippen MR) is 128 cm³/mol. The number of ether oxygens (including phenoxy) is 2. The first-order chi connectivity index (χ1) is 16.0. The van der Waals surface area contributed by atoms with Gasteiger partial charge in [-0.3, -0.25) is 4.79 Å².